The van der Waals surface area contributed by atoms with Gasteiger partial charge in [0, 0.05) is 6.07 Å². The summed E-state index contributed by atoms with van der Waals surface area (Å²) >= 11 is 0. The first kappa shape index (κ1) is 13.1. The SMILES string of the molecule is COc1ccc2nc3ccc4nc5ccccc5nc4c3nc2c1. The van der Waals surface area contributed by atoms with Crippen molar-refractivity contribution >= 4 is 44.1 Å². The summed E-state index contributed by atoms with van der Waals surface area (Å²) in [6.07, 6.45) is 0. The van der Waals surface area contributed by atoms with E-state index in [4.69, 9.17) is 19.7 Å². The molecule has 0 radical (unpaired) electrons. The zero-order valence-electron chi connectivity index (χ0n) is 12.9. The molecule has 0 aliphatic rings. The number of hydrogen-bond donors (Lipinski definition) is 0. The number of hydrogen-bond acceptors (Lipinski definition) is 5. The Kier molecular flexibility index (Phi) is 2.64. The predicted molar refractivity (Wildman–Crippen MR) is 94.2 cm³/mol. The number of fused-ring (bicyclic) bond motifs is 5. The van der Waals surface area contributed by atoms with Gasteiger partial charge in [0.25, 0.3) is 0 Å². The first-order chi connectivity index (χ1) is 11.8. The van der Waals surface area contributed by atoms with Gasteiger partial charge in [-0.2, -0.15) is 0 Å². The molecular weight excluding hydrogens is 300 g/mol. The molecule has 3 aromatic carbocycles. The van der Waals surface area contributed by atoms with Crippen LogP contribution >= 0.6 is 0 Å². The zero-order chi connectivity index (χ0) is 16.1. The van der Waals surface area contributed by atoms with E-state index >= 15 is 0 Å². The highest BCUT2D eigenvalue weighted by Gasteiger charge is 2.10. The van der Waals surface area contributed by atoms with Crippen molar-refractivity contribution in [1.29, 1.82) is 0 Å². The maximum Gasteiger partial charge on any atom is 0.121 e. The van der Waals surface area contributed by atoms with Crippen LogP contribution in [0.15, 0.2) is 54.6 Å². The van der Waals surface area contributed by atoms with Crippen LogP contribution in [-0.2, 0) is 0 Å². The normalized spacial score (nSPS) is 11.5. The number of para-hydroxylation sites is 2. The Hall–Kier alpha value is -3.34. The maximum atomic E-state index is 5.28. The van der Waals surface area contributed by atoms with E-state index in [1.54, 1.807) is 7.11 Å². The molecule has 0 spiro atoms. The summed E-state index contributed by atoms with van der Waals surface area (Å²) in [6, 6.07) is 17.4. The lowest BCUT2D eigenvalue weighted by atomic mass is 10.2. The number of rotatable bonds is 1. The molecule has 5 rings (SSSR count). The molecule has 0 aliphatic heterocycles. The summed E-state index contributed by atoms with van der Waals surface area (Å²) in [7, 11) is 1.64. The van der Waals surface area contributed by atoms with E-state index in [-0.39, 0.29) is 0 Å². The molecule has 114 valence electrons. The fourth-order valence-electron chi connectivity index (χ4n) is 2.93. The number of ether oxygens (including phenoxy) is 1. The quantitative estimate of drug-likeness (QED) is 0.347. The predicted octanol–water partition coefficient (Wildman–Crippen LogP) is 3.89. The molecule has 2 heterocycles. The second kappa shape index (κ2) is 4.83. The Bertz CT molecular complexity index is 1250. The highest BCUT2D eigenvalue weighted by Crippen LogP contribution is 2.26. The van der Waals surface area contributed by atoms with Crippen molar-refractivity contribution in [3.63, 3.8) is 0 Å². The van der Waals surface area contributed by atoms with Crippen molar-refractivity contribution in [1.82, 2.24) is 19.9 Å². The molecule has 5 nitrogen and oxygen atoms in total. The van der Waals surface area contributed by atoms with Crippen LogP contribution in [0.1, 0.15) is 0 Å². The van der Waals surface area contributed by atoms with Gasteiger partial charge < -0.3 is 4.74 Å². The maximum absolute atomic E-state index is 5.28. The van der Waals surface area contributed by atoms with Crippen LogP contribution in [0.3, 0.4) is 0 Å². The second-order valence-electron chi connectivity index (χ2n) is 5.59. The van der Waals surface area contributed by atoms with Gasteiger partial charge in [0.05, 0.1) is 40.2 Å². The number of methoxy groups -OCH3 is 1. The molecule has 0 unspecified atom stereocenters. The van der Waals surface area contributed by atoms with Gasteiger partial charge in [-0.3, -0.25) is 0 Å². The Morgan fingerprint density at radius 3 is 1.79 bits per heavy atom. The standard InChI is InChI=1S/C19H12N4O/c1-24-11-6-7-14-17(10-11)23-19-16(21-14)9-8-15-18(19)22-13-5-3-2-4-12(13)20-15/h2-10H,1H3. The van der Waals surface area contributed by atoms with E-state index in [0.29, 0.717) is 0 Å². The van der Waals surface area contributed by atoms with Crippen LogP contribution in [0.2, 0.25) is 0 Å². The third-order valence-corrected chi connectivity index (χ3v) is 4.12. The molecule has 5 heteroatoms. The molecule has 0 atom stereocenters. The first-order valence-electron chi connectivity index (χ1n) is 7.63. The van der Waals surface area contributed by atoms with Crippen LogP contribution in [0, 0.1) is 0 Å². The van der Waals surface area contributed by atoms with Crippen molar-refractivity contribution in [2.24, 2.45) is 0 Å². The van der Waals surface area contributed by atoms with Gasteiger partial charge in [0.1, 0.15) is 16.8 Å². The summed E-state index contributed by atoms with van der Waals surface area (Å²) in [5, 5.41) is 0. The van der Waals surface area contributed by atoms with Crippen molar-refractivity contribution in [2.75, 3.05) is 7.11 Å². The average Bonchev–Trinajstić information content (AvgIpc) is 2.64. The molecule has 0 amide bonds. The fraction of sp³-hybridized carbons (Fsp3) is 0.0526. The van der Waals surface area contributed by atoms with E-state index in [9.17, 15) is 0 Å². The van der Waals surface area contributed by atoms with Gasteiger partial charge in [-0.1, -0.05) is 12.1 Å². The Morgan fingerprint density at radius 2 is 1.12 bits per heavy atom. The minimum Gasteiger partial charge on any atom is -0.497 e. The monoisotopic (exact) mass is 312 g/mol. The molecule has 0 fully saturated rings. The Morgan fingerprint density at radius 1 is 0.583 bits per heavy atom. The van der Waals surface area contributed by atoms with Gasteiger partial charge in [-0.25, -0.2) is 19.9 Å². The smallest absolute Gasteiger partial charge is 0.121 e. The van der Waals surface area contributed by atoms with Gasteiger partial charge >= 0.3 is 0 Å². The van der Waals surface area contributed by atoms with Crippen LogP contribution < -0.4 is 4.74 Å². The number of aromatic nitrogens is 4. The topological polar surface area (TPSA) is 60.8 Å². The Labute approximate surface area is 137 Å². The van der Waals surface area contributed by atoms with Crippen LogP contribution in [0.25, 0.3) is 44.1 Å². The molecule has 0 saturated heterocycles. The third-order valence-electron chi connectivity index (χ3n) is 4.12. The lowest BCUT2D eigenvalue weighted by molar-refractivity contribution is 0.415. The van der Waals surface area contributed by atoms with E-state index in [2.05, 4.69) is 4.98 Å². The van der Waals surface area contributed by atoms with E-state index in [1.807, 2.05) is 54.6 Å². The van der Waals surface area contributed by atoms with Gasteiger partial charge in [0.2, 0.25) is 0 Å². The van der Waals surface area contributed by atoms with Gasteiger partial charge in [-0.15, -0.1) is 0 Å². The molecule has 0 saturated carbocycles. The van der Waals surface area contributed by atoms with Gasteiger partial charge in [0.15, 0.2) is 0 Å². The van der Waals surface area contributed by atoms with Crippen molar-refractivity contribution in [2.45, 2.75) is 0 Å². The molecule has 5 aromatic rings. The minimum atomic E-state index is 0.756. The van der Waals surface area contributed by atoms with Crippen molar-refractivity contribution in [3.8, 4) is 5.75 Å². The van der Waals surface area contributed by atoms with Crippen LogP contribution in [-0.4, -0.2) is 27.0 Å². The molecule has 0 N–H and O–H groups in total. The number of benzene rings is 3. The molecule has 24 heavy (non-hydrogen) atoms. The van der Waals surface area contributed by atoms with Gasteiger partial charge in [-0.05, 0) is 36.4 Å². The molecule has 2 aromatic heterocycles. The summed E-state index contributed by atoms with van der Waals surface area (Å²) < 4.78 is 5.28. The number of nitrogens with zero attached hydrogens (tertiary/aromatic N) is 4. The summed E-state index contributed by atoms with van der Waals surface area (Å²) in [5.41, 5.74) is 6.49. The second-order valence-corrected chi connectivity index (χ2v) is 5.59. The Balaban J connectivity index is 1.93. The highest BCUT2D eigenvalue weighted by molar-refractivity contribution is 6.04. The summed E-state index contributed by atoms with van der Waals surface area (Å²) in [4.78, 5) is 18.9. The minimum absolute atomic E-state index is 0.756. The first-order valence-corrected chi connectivity index (χ1v) is 7.63. The van der Waals surface area contributed by atoms with E-state index in [1.165, 1.54) is 0 Å². The van der Waals surface area contributed by atoms with E-state index < -0.39 is 0 Å². The molecular formula is C19H12N4O. The summed E-state index contributed by atoms with van der Waals surface area (Å²) in [5.74, 6) is 0.757. The lowest BCUT2D eigenvalue weighted by Gasteiger charge is -2.06. The molecule has 0 aliphatic carbocycles. The average molecular weight is 312 g/mol. The van der Waals surface area contributed by atoms with Crippen molar-refractivity contribution < 1.29 is 4.74 Å². The third kappa shape index (κ3) is 1.88. The molecule has 0 bridgehead atoms. The van der Waals surface area contributed by atoms with Crippen LogP contribution in [0.5, 0.6) is 5.75 Å². The summed E-state index contributed by atoms with van der Waals surface area (Å²) in [6.45, 7) is 0. The zero-order valence-corrected chi connectivity index (χ0v) is 12.9. The van der Waals surface area contributed by atoms with Crippen LogP contribution in [0.4, 0.5) is 0 Å². The highest BCUT2D eigenvalue weighted by atomic mass is 16.5. The fourth-order valence-corrected chi connectivity index (χ4v) is 2.93. The largest absolute Gasteiger partial charge is 0.497 e. The van der Waals surface area contributed by atoms with Crippen molar-refractivity contribution in [3.05, 3.63) is 54.6 Å². The lowest BCUT2D eigenvalue weighted by Crippen LogP contribution is -1.93. The van der Waals surface area contributed by atoms with E-state index in [0.717, 1.165) is 49.9 Å².